The van der Waals surface area contributed by atoms with Crippen molar-refractivity contribution in [3.63, 3.8) is 0 Å². The lowest BCUT2D eigenvalue weighted by atomic mass is 10.2. The van der Waals surface area contributed by atoms with Crippen molar-refractivity contribution in [3.8, 4) is 6.07 Å². The van der Waals surface area contributed by atoms with Crippen LogP contribution in [0, 0.1) is 17.2 Å². The Morgan fingerprint density at radius 3 is 2.62 bits per heavy atom. The second kappa shape index (κ2) is 7.65. The Morgan fingerprint density at radius 2 is 2.12 bits per heavy atom. The molecule has 0 heterocycles. The van der Waals surface area contributed by atoms with Gasteiger partial charge in [-0.2, -0.15) is 5.26 Å². The Balaban J connectivity index is 2.28. The van der Waals surface area contributed by atoms with Crippen molar-refractivity contribution in [2.24, 2.45) is 5.92 Å². The lowest BCUT2D eigenvalue weighted by Gasteiger charge is -2.24. The van der Waals surface area contributed by atoms with Crippen LogP contribution in [0.5, 0.6) is 0 Å². The Hall–Kier alpha value is -0.590. The number of nitrogens with one attached hydrogen (secondary N) is 1. The van der Waals surface area contributed by atoms with E-state index in [0.29, 0.717) is 0 Å². The van der Waals surface area contributed by atoms with E-state index in [2.05, 4.69) is 30.1 Å². The maximum atomic E-state index is 9.08. The smallest absolute Gasteiger partial charge is 0.108 e. The van der Waals surface area contributed by atoms with E-state index in [9.17, 15) is 0 Å². The molecule has 0 aromatic rings. The molecule has 1 fully saturated rings. The van der Waals surface area contributed by atoms with Gasteiger partial charge in [-0.05, 0) is 44.7 Å². The fraction of sp³-hybridized carbons (Fsp3) is 0.923. The monoisotopic (exact) mass is 223 g/mol. The van der Waals surface area contributed by atoms with Gasteiger partial charge >= 0.3 is 0 Å². The predicted molar refractivity (Wildman–Crippen MR) is 67.1 cm³/mol. The fourth-order valence-electron chi connectivity index (χ4n) is 1.97. The second-order valence-electron chi connectivity index (χ2n) is 4.84. The molecule has 16 heavy (non-hydrogen) atoms. The van der Waals surface area contributed by atoms with Gasteiger partial charge in [0.15, 0.2) is 0 Å². The third kappa shape index (κ3) is 5.48. The van der Waals surface area contributed by atoms with E-state index in [1.807, 2.05) is 0 Å². The zero-order chi connectivity index (χ0) is 11.8. The lowest BCUT2D eigenvalue weighted by molar-refractivity contribution is 0.248. The van der Waals surface area contributed by atoms with Crippen molar-refractivity contribution < 1.29 is 0 Å². The predicted octanol–water partition coefficient (Wildman–Crippen LogP) is 2.00. The summed E-state index contributed by atoms with van der Waals surface area (Å²) in [6.45, 7) is 8.50. The molecule has 0 aromatic carbocycles. The molecule has 0 bridgehead atoms. The topological polar surface area (TPSA) is 39.1 Å². The highest BCUT2D eigenvalue weighted by atomic mass is 15.2. The van der Waals surface area contributed by atoms with Crippen LogP contribution in [0.15, 0.2) is 0 Å². The van der Waals surface area contributed by atoms with Crippen molar-refractivity contribution in [2.75, 3.05) is 26.2 Å². The van der Waals surface area contributed by atoms with E-state index in [1.165, 1.54) is 25.8 Å². The Kier molecular flexibility index (Phi) is 6.44. The molecule has 0 radical (unpaired) electrons. The largest absolute Gasteiger partial charge is 0.301 e. The van der Waals surface area contributed by atoms with Gasteiger partial charge in [-0.1, -0.05) is 13.8 Å². The van der Waals surface area contributed by atoms with Crippen molar-refractivity contribution >= 4 is 0 Å². The molecule has 1 unspecified atom stereocenters. The van der Waals surface area contributed by atoms with E-state index in [-0.39, 0.29) is 6.04 Å². The van der Waals surface area contributed by atoms with Crippen molar-refractivity contribution in [3.05, 3.63) is 0 Å². The summed E-state index contributed by atoms with van der Waals surface area (Å²) in [5.41, 5.74) is 0. The first-order valence-corrected chi connectivity index (χ1v) is 6.65. The lowest BCUT2D eigenvalue weighted by Crippen LogP contribution is -2.41. The van der Waals surface area contributed by atoms with Gasteiger partial charge in [0.2, 0.25) is 0 Å². The first-order chi connectivity index (χ1) is 7.80. The van der Waals surface area contributed by atoms with E-state index >= 15 is 0 Å². The summed E-state index contributed by atoms with van der Waals surface area (Å²) in [6.07, 6.45) is 5.05. The van der Waals surface area contributed by atoms with E-state index in [0.717, 1.165) is 32.0 Å². The van der Waals surface area contributed by atoms with E-state index in [1.54, 1.807) is 0 Å². The molecule has 3 nitrogen and oxygen atoms in total. The Bertz CT molecular complexity index is 218. The molecule has 0 spiro atoms. The van der Waals surface area contributed by atoms with Crippen LogP contribution < -0.4 is 5.32 Å². The van der Waals surface area contributed by atoms with Gasteiger partial charge in [0, 0.05) is 13.1 Å². The van der Waals surface area contributed by atoms with Crippen molar-refractivity contribution in [2.45, 2.75) is 45.6 Å². The minimum absolute atomic E-state index is 0.00486. The van der Waals surface area contributed by atoms with Crippen LogP contribution >= 0.6 is 0 Å². The summed E-state index contributed by atoms with van der Waals surface area (Å²) < 4.78 is 0. The minimum atomic E-state index is 0.00486. The molecule has 0 saturated heterocycles. The zero-order valence-electron chi connectivity index (χ0n) is 10.7. The van der Waals surface area contributed by atoms with Crippen LogP contribution in [0.3, 0.4) is 0 Å². The fourth-order valence-corrected chi connectivity index (χ4v) is 1.97. The standard InChI is InChI=1S/C13H25N3/c1-3-7-15-13(9-14)11-16(8-4-2)10-12-5-6-12/h12-13,15H,3-8,10-11H2,1-2H3. The number of hydrogen-bond acceptors (Lipinski definition) is 3. The number of nitrogens with zero attached hydrogens (tertiary/aromatic N) is 2. The maximum absolute atomic E-state index is 9.08. The number of nitriles is 1. The molecule has 1 saturated carbocycles. The molecule has 3 heteroatoms. The molecule has 0 amide bonds. The Labute approximate surface area is 99.8 Å². The van der Waals surface area contributed by atoms with Gasteiger partial charge in [-0.25, -0.2) is 0 Å². The van der Waals surface area contributed by atoms with E-state index in [4.69, 9.17) is 5.26 Å². The summed E-state index contributed by atoms with van der Waals surface area (Å²) in [5.74, 6) is 0.914. The number of hydrogen-bond donors (Lipinski definition) is 1. The molecule has 0 aromatic heterocycles. The summed E-state index contributed by atoms with van der Waals surface area (Å²) in [5, 5.41) is 12.4. The van der Waals surface area contributed by atoms with Crippen LogP contribution in [-0.2, 0) is 0 Å². The highest BCUT2D eigenvalue weighted by Crippen LogP contribution is 2.29. The zero-order valence-corrected chi connectivity index (χ0v) is 10.7. The SMILES string of the molecule is CCCNC(C#N)CN(CCC)CC1CC1. The van der Waals surface area contributed by atoms with Crippen LogP contribution in [0.4, 0.5) is 0 Å². The first kappa shape index (κ1) is 13.5. The summed E-state index contributed by atoms with van der Waals surface area (Å²) in [4.78, 5) is 2.45. The average Bonchev–Trinajstić information content (AvgIpc) is 3.08. The van der Waals surface area contributed by atoms with Crippen molar-refractivity contribution in [1.29, 1.82) is 5.26 Å². The summed E-state index contributed by atoms with van der Waals surface area (Å²) in [7, 11) is 0. The minimum Gasteiger partial charge on any atom is -0.301 e. The summed E-state index contributed by atoms with van der Waals surface area (Å²) in [6, 6.07) is 2.37. The quantitative estimate of drug-likeness (QED) is 0.650. The molecule has 1 N–H and O–H groups in total. The van der Waals surface area contributed by atoms with Crippen LogP contribution in [0.2, 0.25) is 0 Å². The maximum Gasteiger partial charge on any atom is 0.108 e. The van der Waals surface area contributed by atoms with Crippen LogP contribution in [0.1, 0.15) is 39.5 Å². The average molecular weight is 223 g/mol. The van der Waals surface area contributed by atoms with Crippen LogP contribution in [0.25, 0.3) is 0 Å². The van der Waals surface area contributed by atoms with Gasteiger partial charge in [0.25, 0.3) is 0 Å². The second-order valence-corrected chi connectivity index (χ2v) is 4.84. The molecule has 0 aliphatic heterocycles. The number of rotatable bonds is 9. The third-order valence-corrected chi connectivity index (χ3v) is 2.99. The molecule has 1 aliphatic carbocycles. The molecule has 1 aliphatic rings. The first-order valence-electron chi connectivity index (χ1n) is 6.65. The van der Waals surface area contributed by atoms with Gasteiger partial charge in [-0.3, -0.25) is 0 Å². The molecular formula is C13H25N3. The normalized spacial score (nSPS) is 17.4. The van der Waals surface area contributed by atoms with Crippen LogP contribution in [-0.4, -0.2) is 37.1 Å². The third-order valence-electron chi connectivity index (χ3n) is 2.99. The molecule has 1 rings (SSSR count). The van der Waals surface area contributed by atoms with Gasteiger partial charge in [0.1, 0.15) is 6.04 Å². The van der Waals surface area contributed by atoms with Gasteiger partial charge in [-0.15, -0.1) is 0 Å². The molecule has 92 valence electrons. The molecule has 1 atom stereocenters. The Morgan fingerprint density at radius 1 is 1.38 bits per heavy atom. The van der Waals surface area contributed by atoms with E-state index < -0.39 is 0 Å². The van der Waals surface area contributed by atoms with Gasteiger partial charge in [0.05, 0.1) is 6.07 Å². The molecular weight excluding hydrogens is 198 g/mol. The highest BCUT2D eigenvalue weighted by molar-refractivity contribution is 4.92. The van der Waals surface area contributed by atoms with Crippen molar-refractivity contribution in [1.82, 2.24) is 10.2 Å². The summed E-state index contributed by atoms with van der Waals surface area (Å²) >= 11 is 0. The highest BCUT2D eigenvalue weighted by Gasteiger charge is 2.25. The van der Waals surface area contributed by atoms with Gasteiger partial charge < -0.3 is 10.2 Å².